The molecule has 0 saturated heterocycles. The predicted molar refractivity (Wildman–Crippen MR) is 73.9 cm³/mol. The topological polar surface area (TPSA) is 35.0 Å². The van der Waals surface area contributed by atoms with Crippen molar-refractivity contribution >= 4 is 15.9 Å². The predicted octanol–water partition coefficient (Wildman–Crippen LogP) is 3.71. The molecule has 2 unspecified atom stereocenters. The van der Waals surface area contributed by atoms with E-state index in [-0.39, 0.29) is 0 Å². The first-order valence-corrected chi connectivity index (χ1v) is 6.99. The Morgan fingerprint density at radius 1 is 1.29 bits per heavy atom. The molecule has 0 radical (unpaired) electrons. The van der Waals surface area contributed by atoms with Crippen molar-refractivity contribution in [2.75, 3.05) is 6.61 Å². The molecule has 0 spiro atoms. The quantitative estimate of drug-likeness (QED) is 0.778. The van der Waals surface area contributed by atoms with Crippen molar-refractivity contribution in [3.63, 3.8) is 0 Å². The maximum absolute atomic E-state index is 5.47. The van der Waals surface area contributed by atoms with Crippen molar-refractivity contribution in [3.05, 3.63) is 17.6 Å². The van der Waals surface area contributed by atoms with Gasteiger partial charge in [-0.2, -0.15) is 4.98 Å². The number of halogens is 1. The number of nitrogens with zero attached hydrogens (tertiary/aromatic N) is 2. The van der Waals surface area contributed by atoms with Gasteiger partial charge in [-0.1, -0.05) is 36.7 Å². The minimum Gasteiger partial charge on any atom is -0.478 e. The first-order valence-electron chi connectivity index (χ1n) is 6.08. The zero-order valence-electron chi connectivity index (χ0n) is 11.2. The summed E-state index contributed by atoms with van der Waals surface area (Å²) in [5, 5.41) is 0. The molecule has 0 aliphatic heterocycles. The SMILES string of the molecule is CCOc1cc(C(C(C)C)C(C)Br)nc(C)n1. The van der Waals surface area contributed by atoms with E-state index >= 15 is 0 Å². The van der Waals surface area contributed by atoms with E-state index in [1.165, 1.54) is 0 Å². The molecule has 3 nitrogen and oxygen atoms in total. The summed E-state index contributed by atoms with van der Waals surface area (Å²) in [6, 6.07) is 1.96. The van der Waals surface area contributed by atoms with Crippen molar-refractivity contribution in [1.29, 1.82) is 0 Å². The van der Waals surface area contributed by atoms with E-state index < -0.39 is 0 Å². The fraction of sp³-hybridized carbons (Fsp3) is 0.692. The van der Waals surface area contributed by atoms with Gasteiger partial charge in [-0.15, -0.1) is 0 Å². The number of ether oxygens (including phenoxy) is 1. The first-order chi connectivity index (χ1) is 7.95. The van der Waals surface area contributed by atoms with Crippen molar-refractivity contribution in [2.45, 2.75) is 45.4 Å². The first kappa shape index (κ1) is 14.4. The van der Waals surface area contributed by atoms with Crippen LogP contribution in [-0.2, 0) is 0 Å². The summed E-state index contributed by atoms with van der Waals surface area (Å²) in [6.07, 6.45) is 0. The van der Waals surface area contributed by atoms with Crippen LogP contribution in [0.15, 0.2) is 6.07 Å². The van der Waals surface area contributed by atoms with Crippen LogP contribution < -0.4 is 4.74 Å². The Morgan fingerprint density at radius 3 is 2.41 bits per heavy atom. The summed E-state index contributed by atoms with van der Waals surface area (Å²) < 4.78 is 5.47. The van der Waals surface area contributed by atoms with Crippen LogP contribution in [0.5, 0.6) is 5.88 Å². The van der Waals surface area contributed by atoms with Crippen LogP contribution in [0.3, 0.4) is 0 Å². The summed E-state index contributed by atoms with van der Waals surface area (Å²) in [5.74, 6) is 2.34. The van der Waals surface area contributed by atoms with Crippen LogP contribution in [-0.4, -0.2) is 21.4 Å². The molecule has 0 fully saturated rings. The second-order valence-corrected chi connectivity index (χ2v) is 6.00. The molecule has 0 N–H and O–H groups in total. The Labute approximate surface area is 112 Å². The van der Waals surface area contributed by atoms with Crippen LogP contribution >= 0.6 is 15.9 Å². The Morgan fingerprint density at radius 2 is 1.94 bits per heavy atom. The molecule has 1 aromatic heterocycles. The van der Waals surface area contributed by atoms with E-state index in [2.05, 4.69) is 46.7 Å². The zero-order valence-corrected chi connectivity index (χ0v) is 12.8. The summed E-state index contributed by atoms with van der Waals surface area (Å²) in [7, 11) is 0. The van der Waals surface area contributed by atoms with Gasteiger partial charge >= 0.3 is 0 Å². The van der Waals surface area contributed by atoms with Crippen molar-refractivity contribution in [3.8, 4) is 5.88 Å². The highest BCUT2D eigenvalue weighted by Gasteiger charge is 2.23. The minimum absolute atomic E-state index is 0.371. The standard InChI is InChI=1S/C13H21BrN2O/c1-6-17-12-7-11(15-10(5)16-12)13(8(2)3)9(4)14/h7-9,13H,6H2,1-5H3. The number of alkyl halides is 1. The molecule has 17 heavy (non-hydrogen) atoms. The Bertz CT molecular complexity index is 358. The molecule has 96 valence electrons. The molecule has 1 rings (SSSR count). The van der Waals surface area contributed by atoms with Gasteiger partial charge in [-0.05, 0) is 19.8 Å². The molecule has 0 aromatic carbocycles. The van der Waals surface area contributed by atoms with Crippen molar-refractivity contribution < 1.29 is 4.74 Å². The van der Waals surface area contributed by atoms with E-state index in [4.69, 9.17) is 4.74 Å². The average molecular weight is 301 g/mol. The second kappa shape index (κ2) is 6.34. The Kier molecular flexibility index (Phi) is 5.37. The van der Waals surface area contributed by atoms with Gasteiger partial charge in [-0.3, -0.25) is 0 Å². The highest BCUT2D eigenvalue weighted by atomic mass is 79.9. The van der Waals surface area contributed by atoms with E-state index in [1.54, 1.807) is 0 Å². The minimum atomic E-state index is 0.371. The number of aryl methyl sites for hydroxylation is 1. The Balaban J connectivity index is 3.10. The van der Waals surface area contributed by atoms with Crippen LogP contribution in [0.1, 0.15) is 45.1 Å². The van der Waals surface area contributed by atoms with Gasteiger partial charge in [0.25, 0.3) is 0 Å². The van der Waals surface area contributed by atoms with Crippen LogP contribution in [0.2, 0.25) is 0 Å². The maximum atomic E-state index is 5.47. The third-order valence-corrected chi connectivity index (χ3v) is 3.25. The number of hydrogen-bond donors (Lipinski definition) is 0. The molecular formula is C13H21BrN2O. The largest absolute Gasteiger partial charge is 0.478 e. The molecular weight excluding hydrogens is 280 g/mol. The van der Waals surface area contributed by atoms with Crippen molar-refractivity contribution in [1.82, 2.24) is 9.97 Å². The molecule has 0 aliphatic carbocycles. The normalized spacial score (nSPS) is 14.8. The van der Waals surface area contributed by atoms with Crippen LogP contribution in [0.25, 0.3) is 0 Å². The molecule has 2 atom stereocenters. The van der Waals surface area contributed by atoms with Gasteiger partial charge in [0.05, 0.1) is 12.3 Å². The summed E-state index contributed by atoms with van der Waals surface area (Å²) >= 11 is 3.67. The van der Waals surface area contributed by atoms with Crippen LogP contribution in [0.4, 0.5) is 0 Å². The summed E-state index contributed by atoms with van der Waals surface area (Å²) in [4.78, 5) is 9.19. The van der Waals surface area contributed by atoms with E-state index in [9.17, 15) is 0 Å². The fourth-order valence-corrected chi connectivity index (χ4v) is 2.94. The van der Waals surface area contributed by atoms with Crippen molar-refractivity contribution in [2.24, 2.45) is 5.92 Å². The lowest BCUT2D eigenvalue weighted by molar-refractivity contribution is 0.323. The molecule has 1 aromatic rings. The number of rotatable bonds is 5. The van der Waals surface area contributed by atoms with E-state index in [0.29, 0.717) is 29.1 Å². The van der Waals surface area contributed by atoms with Gasteiger partial charge in [0.15, 0.2) is 0 Å². The third-order valence-electron chi connectivity index (χ3n) is 2.68. The van der Waals surface area contributed by atoms with Gasteiger partial charge in [0, 0.05) is 16.8 Å². The average Bonchev–Trinajstić information content (AvgIpc) is 2.15. The lowest BCUT2D eigenvalue weighted by Gasteiger charge is -2.23. The van der Waals surface area contributed by atoms with E-state index in [1.807, 2.05) is 19.9 Å². The number of aromatic nitrogens is 2. The van der Waals surface area contributed by atoms with Gasteiger partial charge in [-0.25, -0.2) is 4.98 Å². The van der Waals surface area contributed by atoms with Gasteiger partial charge < -0.3 is 4.74 Å². The third kappa shape index (κ3) is 3.95. The Hall–Kier alpha value is -0.640. The second-order valence-electron chi connectivity index (χ2n) is 4.56. The number of hydrogen-bond acceptors (Lipinski definition) is 3. The fourth-order valence-electron chi connectivity index (χ4n) is 2.06. The summed E-state index contributed by atoms with van der Waals surface area (Å²) in [6.45, 7) is 11.1. The lowest BCUT2D eigenvalue weighted by Crippen LogP contribution is -2.18. The molecule has 4 heteroatoms. The molecule has 0 bridgehead atoms. The smallest absolute Gasteiger partial charge is 0.216 e. The van der Waals surface area contributed by atoms with Gasteiger partial charge in [0.2, 0.25) is 5.88 Å². The van der Waals surface area contributed by atoms with Crippen LogP contribution in [0, 0.1) is 12.8 Å². The molecule has 0 amide bonds. The zero-order chi connectivity index (χ0) is 13.0. The molecule has 1 heterocycles. The van der Waals surface area contributed by atoms with E-state index in [0.717, 1.165) is 11.5 Å². The van der Waals surface area contributed by atoms with Gasteiger partial charge in [0.1, 0.15) is 5.82 Å². The highest BCUT2D eigenvalue weighted by Crippen LogP contribution is 2.32. The lowest BCUT2D eigenvalue weighted by atomic mass is 9.90. The highest BCUT2D eigenvalue weighted by molar-refractivity contribution is 9.09. The summed E-state index contributed by atoms with van der Waals surface area (Å²) in [5.41, 5.74) is 1.06. The molecule has 0 aliphatic rings. The maximum Gasteiger partial charge on any atom is 0.216 e. The monoisotopic (exact) mass is 300 g/mol. The molecule has 0 saturated carbocycles.